The van der Waals surface area contributed by atoms with Crippen molar-refractivity contribution in [3.8, 4) is 5.75 Å². The lowest BCUT2D eigenvalue weighted by atomic mass is 10.1. The number of nitrogens with zero attached hydrogens (tertiary/aromatic N) is 1. The fourth-order valence-electron chi connectivity index (χ4n) is 2.51. The van der Waals surface area contributed by atoms with Gasteiger partial charge in [0.1, 0.15) is 5.75 Å². The first kappa shape index (κ1) is 19.3. The van der Waals surface area contributed by atoms with Crippen LogP contribution in [-0.4, -0.2) is 38.1 Å². The summed E-state index contributed by atoms with van der Waals surface area (Å²) < 4.78 is 5.16. The summed E-state index contributed by atoms with van der Waals surface area (Å²) in [6.07, 6.45) is 2.55. The average Bonchev–Trinajstić information content (AvgIpc) is 2.62. The molecule has 1 N–H and O–H groups in total. The van der Waals surface area contributed by atoms with Gasteiger partial charge in [0.15, 0.2) is 0 Å². The molecular weight excluding hydrogens is 336 g/mol. The van der Waals surface area contributed by atoms with Crippen molar-refractivity contribution in [2.24, 2.45) is 0 Å². The summed E-state index contributed by atoms with van der Waals surface area (Å²) in [6, 6.07) is 15.3. The second-order valence-corrected chi connectivity index (χ2v) is 6.50. The SMILES string of the molecule is COc1ccc(CCCN(C)CCC(=O)Nc2ccc(Cl)cc2)cc1. The number of halogens is 1. The molecule has 0 saturated heterocycles. The normalized spacial score (nSPS) is 10.7. The van der Waals surface area contributed by atoms with E-state index in [1.165, 1.54) is 5.56 Å². The van der Waals surface area contributed by atoms with Gasteiger partial charge in [0, 0.05) is 23.7 Å². The molecule has 0 heterocycles. The van der Waals surface area contributed by atoms with Crippen LogP contribution in [0.25, 0.3) is 0 Å². The molecule has 1 amide bonds. The van der Waals surface area contributed by atoms with Crippen LogP contribution >= 0.6 is 11.6 Å². The van der Waals surface area contributed by atoms with Gasteiger partial charge in [0.05, 0.1) is 7.11 Å². The third-order valence-electron chi connectivity index (χ3n) is 4.01. The van der Waals surface area contributed by atoms with E-state index in [0.717, 1.165) is 37.4 Å². The lowest BCUT2D eigenvalue weighted by Crippen LogP contribution is -2.25. The number of methoxy groups -OCH3 is 1. The van der Waals surface area contributed by atoms with Crippen molar-refractivity contribution in [3.05, 3.63) is 59.1 Å². The van der Waals surface area contributed by atoms with Crippen molar-refractivity contribution in [2.75, 3.05) is 32.6 Å². The number of benzene rings is 2. The highest BCUT2D eigenvalue weighted by Gasteiger charge is 2.05. The number of hydrogen-bond acceptors (Lipinski definition) is 3. The summed E-state index contributed by atoms with van der Waals surface area (Å²) in [4.78, 5) is 14.2. The number of carbonyl (C=O) groups excluding carboxylic acids is 1. The predicted octanol–water partition coefficient (Wildman–Crippen LogP) is 4.24. The van der Waals surface area contributed by atoms with Crippen molar-refractivity contribution < 1.29 is 9.53 Å². The zero-order valence-electron chi connectivity index (χ0n) is 14.8. The second-order valence-electron chi connectivity index (χ2n) is 6.06. The molecule has 2 aromatic carbocycles. The molecule has 0 atom stereocenters. The molecule has 2 rings (SSSR count). The lowest BCUT2D eigenvalue weighted by Gasteiger charge is -2.16. The summed E-state index contributed by atoms with van der Waals surface area (Å²) in [7, 11) is 3.72. The van der Waals surface area contributed by atoms with Crippen LogP contribution in [-0.2, 0) is 11.2 Å². The summed E-state index contributed by atoms with van der Waals surface area (Å²) in [5.74, 6) is 0.900. The number of carbonyl (C=O) groups is 1. The van der Waals surface area contributed by atoms with Crippen LogP contribution in [0.4, 0.5) is 5.69 Å². The minimum Gasteiger partial charge on any atom is -0.497 e. The van der Waals surface area contributed by atoms with Gasteiger partial charge in [-0.1, -0.05) is 23.7 Å². The van der Waals surface area contributed by atoms with E-state index in [-0.39, 0.29) is 5.91 Å². The molecule has 0 bridgehead atoms. The molecule has 0 fully saturated rings. The third-order valence-corrected chi connectivity index (χ3v) is 4.26. The highest BCUT2D eigenvalue weighted by atomic mass is 35.5. The Kier molecular flexibility index (Phi) is 7.76. The van der Waals surface area contributed by atoms with Gasteiger partial charge < -0.3 is 15.0 Å². The summed E-state index contributed by atoms with van der Waals surface area (Å²) in [5, 5.41) is 3.54. The Morgan fingerprint density at radius 3 is 2.40 bits per heavy atom. The fraction of sp³-hybridized carbons (Fsp3) is 0.350. The van der Waals surface area contributed by atoms with Crippen LogP contribution in [0.15, 0.2) is 48.5 Å². The number of nitrogens with one attached hydrogen (secondary N) is 1. The first-order valence-corrected chi connectivity index (χ1v) is 8.81. The van der Waals surface area contributed by atoms with E-state index in [9.17, 15) is 4.79 Å². The number of anilines is 1. The number of rotatable bonds is 9. The molecule has 0 radical (unpaired) electrons. The molecule has 25 heavy (non-hydrogen) atoms. The first-order chi connectivity index (χ1) is 12.1. The number of aryl methyl sites for hydroxylation is 1. The average molecular weight is 361 g/mol. The molecule has 0 aliphatic rings. The van der Waals surface area contributed by atoms with Crippen LogP contribution in [0.1, 0.15) is 18.4 Å². The van der Waals surface area contributed by atoms with E-state index in [1.54, 1.807) is 31.4 Å². The molecule has 4 nitrogen and oxygen atoms in total. The van der Waals surface area contributed by atoms with Gasteiger partial charge in [-0.15, -0.1) is 0 Å². The summed E-state index contributed by atoms with van der Waals surface area (Å²) in [5.41, 5.74) is 2.08. The van der Waals surface area contributed by atoms with Crippen LogP contribution in [0.5, 0.6) is 5.75 Å². The lowest BCUT2D eigenvalue weighted by molar-refractivity contribution is -0.116. The Labute approximate surface area is 154 Å². The smallest absolute Gasteiger partial charge is 0.225 e. The molecule has 134 valence electrons. The van der Waals surface area contributed by atoms with E-state index in [2.05, 4.69) is 22.3 Å². The van der Waals surface area contributed by atoms with Crippen molar-refractivity contribution in [1.29, 1.82) is 0 Å². The molecule has 0 unspecified atom stereocenters. The van der Waals surface area contributed by atoms with Gasteiger partial charge in [-0.3, -0.25) is 4.79 Å². The fourth-order valence-corrected chi connectivity index (χ4v) is 2.63. The monoisotopic (exact) mass is 360 g/mol. The minimum absolute atomic E-state index is 0.0179. The Bertz CT molecular complexity index is 656. The standard InChI is InChI=1S/C20H25ClN2O2/c1-23(14-3-4-16-5-11-19(25-2)12-6-16)15-13-20(24)22-18-9-7-17(21)8-10-18/h5-12H,3-4,13-15H2,1-2H3,(H,22,24). The zero-order chi connectivity index (χ0) is 18.1. The van der Waals surface area contributed by atoms with Gasteiger partial charge in [0.25, 0.3) is 0 Å². The molecule has 0 saturated carbocycles. The van der Waals surface area contributed by atoms with Gasteiger partial charge in [-0.25, -0.2) is 0 Å². The van der Waals surface area contributed by atoms with E-state index in [4.69, 9.17) is 16.3 Å². The zero-order valence-corrected chi connectivity index (χ0v) is 15.6. The third kappa shape index (κ3) is 7.16. The minimum atomic E-state index is 0.0179. The van der Waals surface area contributed by atoms with E-state index in [0.29, 0.717) is 11.4 Å². The highest BCUT2D eigenvalue weighted by molar-refractivity contribution is 6.30. The topological polar surface area (TPSA) is 41.6 Å². The van der Waals surface area contributed by atoms with Crippen LogP contribution in [0.3, 0.4) is 0 Å². The number of ether oxygens (including phenoxy) is 1. The maximum Gasteiger partial charge on any atom is 0.225 e. The number of amides is 1. The molecule has 5 heteroatoms. The van der Waals surface area contributed by atoms with Crippen LogP contribution in [0.2, 0.25) is 5.02 Å². The Balaban J connectivity index is 1.63. The van der Waals surface area contributed by atoms with Crippen molar-refractivity contribution >= 4 is 23.2 Å². The van der Waals surface area contributed by atoms with Gasteiger partial charge in [-0.05, 0) is 68.4 Å². The van der Waals surface area contributed by atoms with Crippen LogP contribution < -0.4 is 10.1 Å². The predicted molar refractivity (Wildman–Crippen MR) is 104 cm³/mol. The summed E-state index contributed by atoms with van der Waals surface area (Å²) in [6.45, 7) is 1.70. The molecule has 0 spiro atoms. The van der Waals surface area contributed by atoms with Crippen LogP contribution in [0, 0.1) is 0 Å². The largest absolute Gasteiger partial charge is 0.497 e. The highest BCUT2D eigenvalue weighted by Crippen LogP contribution is 2.14. The molecule has 0 aliphatic carbocycles. The first-order valence-electron chi connectivity index (χ1n) is 8.43. The maximum atomic E-state index is 12.0. The van der Waals surface area contributed by atoms with Gasteiger partial charge in [0.2, 0.25) is 5.91 Å². The molecular formula is C20H25ClN2O2. The van der Waals surface area contributed by atoms with Crippen molar-refractivity contribution in [3.63, 3.8) is 0 Å². The maximum absolute atomic E-state index is 12.0. The Morgan fingerprint density at radius 1 is 1.08 bits per heavy atom. The molecule has 0 aromatic heterocycles. The van der Waals surface area contributed by atoms with Gasteiger partial charge in [-0.2, -0.15) is 0 Å². The Hall–Kier alpha value is -2.04. The second kappa shape index (κ2) is 10.1. The van der Waals surface area contributed by atoms with E-state index < -0.39 is 0 Å². The molecule has 2 aromatic rings. The van der Waals surface area contributed by atoms with Gasteiger partial charge >= 0.3 is 0 Å². The number of hydrogen-bond donors (Lipinski definition) is 1. The van der Waals surface area contributed by atoms with E-state index >= 15 is 0 Å². The van der Waals surface area contributed by atoms with Crippen molar-refractivity contribution in [1.82, 2.24) is 4.90 Å². The Morgan fingerprint density at radius 2 is 1.76 bits per heavy atom. The van der Waals surface area contributed by atoms with E-state index in [1.807, 2.05) is 19.2 Å². The quantitative estimate of drug-likeness (QED) is 0.727. The molecule has 0 aliphatic heterocycles. The van der Waals surface area contributed by atoms with Crippen molar-refractivity contribution in [2.45, 2.75) is 19.3 Å². The summed E-state index contributed by atoms with van der Waals surface area (Å²) >= 11 is 5.83.